The van der Waals surface area contributed by atoms with Crippen molar-refractivity contribution in [1.82, 2.24) is 0 Å². The van der Waals surface area contributed by atoms with Crippen LogP contribution in [0.3, 0.4) is 0 Å². The second-order valence-electron chi connectivity index (χ2n) is 7.47. The lowest BCUT2D eigenvalue weighted by molar-refractivity contribution is 0.0936. The third-order valence-electron chi connectivity index (χ3n) is 5.02. The molecular formula is C26H29NO2S. The van der Waals surface area contributed by atoms with E-state index in [0.29, 0.717) is 18.4 Å². The summed E-state index contributed by atoms with van der Waals surface area (Å²) in [6, 6.07) is 26.1. The number of benzene rings is 3. The van der Waals surface area contributed by atoms with Gasteiger partial charge in [0.15, 0.2) is 5.78 Å². The van der Waals surface area contributed by atoms with Gasteiger partial charge in [-0.2, -0.15) is 0 Å². The molecule has 0 aromatic heterocycles. The van der Waals surface area contributed by atoms with Gasteiger partial charge in [-0.05, 0) is 47.6 Å². The molecule has 0 radical (unpaired) electrons. The fraction of sp³-hybridized carbons (Fsp3) is 0.269. The molecule has 3 nitrogen and oxygen atoms in total. The number of ketones is 1. The molecule has 0 heterocycles. The van der Waals surface area contributed by atoms with E-state index in [0.717, 1.165) is 34.6 Å². The highest BCUT2D eigenvalue weighted by atomic mass is 32.2. The molecule has 0 amide bonds. The summed E-state index contributed by atoms with van der Waals surface area (Å²) in [5, 5.41) is 9.71. The lowest BCUT2D eigenvalue weighted by Crippen LogP contribution is -2.15. The van der Waals surface area contributed by atoms with Crippen molar-refractivity contribution in [2.45, 2.75) is 26.2 Å². The highest BCUT2D eigenvalue weighted by molar-refractivity contribution is 8.00. The number of aliphatic hydroxyl groups is 1. The Hall–Kier alpha value is -2.56. The van der Waals surface area contributed by atoms with Crippen LogP contribution in [0.15, 0.2) is 78.9 Å². The number of Topliss-reactive ketones (excluding diaryl/α,β-unsaturated/α-hetero) is 1. The van der Waals surface area contributed by atoms with Crippen LogP contribution in [0.2, 0.25) is 0 Å². The van der Waals surface area contributed by atoms with E-state index in [1.807, 2.05) is 54.6 Å². The minimum Gasteiger partial charge on any atom is -0.396 e. The molecule has 4 heteroatoms. The summed E-state index contributed by atoms with van der Waals surface area (Å²) in [5.74, 6) is 1.09. The number of carbonyl (C=O) groups excluding carboxylic acids is 1. The van der Waals surface area contributed by atoms with Crippen molar-refractivity contribution >= 4 is 23.4 Å². The largest absolute Gasteiger partial charge is 0.396 e. The van der Waals surface area contributed by atoms with Gasteiger partial charge in [0.25, 0.3) is 0 Å². The molecule has 3 aromatic carbocycles. The van der Waals surface area contributed by atoms with E-state index >= 15 is 0 Å². The third-order valence-corrected chi connectivity index (χ3v) is 6.01. The topological polar surface area (TPSA) is 49.3 Å². The van der Waals surface area contributed by atoms with Gasteiger partial charge in [0.05, 0.1) is 0 Å². The van der Waals surface area contributed by atoms with E-state index in [4.69, 9.17) is 0 Å². The zero-order valence-corrected chi connectivity index (χ0v) is 18.2. The van der Waals surface area contributed by atoms with Crippen molar-refractivity contribution < 1.29 is 9.90 Å². The van der Waals surface area contributed by atoms with Gasteiger partial charge in [-0.25, -0.2) is 0 Å². The number of hydrogen-bond acceptors (Lipinski definition) is 4. The van der Waals surface area contributed by atoms with Crippen LogP contribution >= 0.6 is 11.9 Å². The van der Waals surface area contributed by atoms with Gasteiger partial charge in [0.2, 0.25) is 0 Å². The lowest BCUT2D eigenvalue weighted by atomic mass is 9.92. The molecule has 0 aliphatic rings. The van der Waals surface area contributed by atoms with Crippen molar-refractivity contribution in [3.05, 3.63) is 90.0 Å². The summed E-state index contributed by atoms with van der Waals surface area (Å²) in [4.78, 5) is 12.7. The Labute approximate surface area is 183 Å². The summed E-state index contributed by atoms with van der Waals surface area (Å²) in [6.45, 7) is 2.18. The van der Waals surface area contributed by atoms with Crippen molar-refractivity contribution in [3.63, 3.8) is 0 Å². The quantitative estimate of drug-likeness (QED) is 0.219. The number of carbonyl (C=O) groups is 1. The van der Waals surface area contributed by atoms with Crippen LogP contribution in [0.25, 0.3) is 11.1 Å². The number of anilines is 1. The van der Waals surface area contributed by atoms with Crippen LogP contribution in [0.1, 0.15) is 35.7 Å². The zero-order chi connectivity index (χ0) is 21.2. The molecule has 1 unspecified atom stereocenters. The number of rotatable bonds is 11. The van der Waals surface area contributed by atoms with Gasteiger partial charge in [-0.1, -0.05) is 85.6 Å². The molecular weight excluding hydrogens is 390 g/mol. The summed E-state index contributed by atoms with van der Waals surface area (Å²) in [5.41, 5.74) is 5.14. The van der Waals surface area contributed by atoms with E-state index in [1.165, 1.54) is 0 Å². The maximum absolute atomic E-state index is 12.7. The summed E-state index contributed by atoms with van der Waals surface area (Å²) in [6.07, 6.45) is 2.20. The first kappa shape index (κ1) is 22.1. The first-order chi connectivity index (χ1) is 14.7. The molecule has 0 aliphatic carbocycles. The van der Waals surface area contributed by atoms with Crippen LogP contribution in [0.4, 0.5) is 5.69 Å². The van der Waals surface area contributed by atoms with Crippen LogP contribution in [-0.2, 0) is 6.42 Å². The zero-order valence-electron chi connectivity index (χ0n) is 17.4. The van der Waals surface area contributed by atoms with E-state index in [9.17, 15) is 9.90 Å². The fourth-order valence-electron chi connectivity index (χ4n) is 3.34. The van der Waals surface area contributed by atoms with Gasteiger partial charge < -0.3 is 9.83 Å². The predicted molar refractivity (Wildman–Crippen MR) is 128 cm³/mol. The van der Waals surface area contributed by atoms with Crippen LogP contribution in [-0.4, -0.2) is 23.2 Å². The maximum atomic E-state index is 12.7. The number of nitrogens with one attached hydrogen (secondary N) is 1. The van der Waals surface area contributed by atoms with Crippen LogP contribution in [0, 0.1) is 5.92 Å². The summed E-state index contributed by atoms with van der Waals surface area (Å²) >= 11 is 1.71. The summed E-state index contributed by atoms with van der Waals surface area (Å²) < 4.78 is 3.34. The highest BCUT2D eigenvalue weighted by Crippen LogP contribution is 2.24. The van der Waals surface area contributed by atoms with Crippen LogP contribution in [0.5, 0.6) is 0 Å². The monoisotopic (exact) mass is 419 g/mol. The van der Waals surface area contributed by atoms with Crippen LogP contribution < -0.4 is 4.72 Å². The smallest absolute Gasteiger partial charge is 0.163 e. The average Bonchev–Trinajstić information content (AvgIpc) is 2.80. The van der Waals surface area contributed by atoms with Crippen molar-refractivity contribution in [2.75, 3.05) is 17.1 Å². The molecule has 0 bridgehead atoms. The van der Waals surface area contributed by atoms with Gasteiger partial charge in [0, 0.05) is 30.0 Å². The molecule has 2 N–H and O–H groups in total. The Balaban J connectivity index is 1.59. The SMILES string of the molecule is CCCSNc1ccc(-c2ccc(C(=O)CC(CO)Cc3ccccc3)cc2)cc1. The van der Waals surface area contributed by atoms with Crippen molar-refractivity contribution in [1.29, 1.82) is 0 Å². The molecule has 3 aromatic rings. The first-order valence-electron chi connectivity index (χ1n) is 10.5. The average molecular weight is 420 g/mol. The Morgan fingerprint density at radius 3 is 2.17 bits per heavy atom. The molecule has 0 aliphatic heterocycles. The van der Waals surface area contributed by atoms with E-state index in [1.54, 1.807) is 11.9 Å². The Kier molecular flexibility index (Phi) is 8.54. The first-order valence-corrected chi connectivity index (χ1v) is 11.4. The van der Waals surface area contributed by atoms with Crippen molar-refractivity contribution in [3.8, 4) is 11.1 Å². The fourth-order valence-corrected chi connectivity index (χ4v) is 3.95. The number of aliphatic hydroxyl groups excluding tert-OH is 1. The van der Waals surface area contributed by atoms with Gasteiger partial charge in [-0.15, -0.1) is 0 Å². The molecule has 3 rings (SSSR count). The molecule has 156 valence electrons. The highest BCUT2D eigenvalue weighted by Gasteiger charge is 2.15. The van der Waals surface area contributed by atoms with E-state index < -0.39 is 0 Å². The standard InChI is InChI=1S/C26H29NO2S/c1-2-16-30-27-25-14-12-23(13-15-25)22-8-10-24(11-9-22)26(29)18-21(19-28)17-20-6-4-3-5-7-20/h3-15,21,27-28H,2,16-19H2,1H3. The second kappa shape index (κ2) is 11.6. The molecule has 0 saturated heterocycles. The van der Waals surface area contributed by atoms with Gasteiger partial charge >= 0.3 is 0 Å². The van der Waals surface area contributed by atoms with Gasteiger partial charge in [-0.3, -0.25) is 4.79 Å². The number of hydrogen-bond donors (Lipinski definition) is 2. The van der Waals surface area contributed by atoms with Gasteiger partial charge in [0.1, 0.15) is 0 Å². The normalized spacial score (nSPS) is 11.8. The summed E-state index contributed by atoms with van der Waals surface area (Å²) in [7, 11) is 0. The second-order valence-corrected chi connectivity index (χ2v) is 8.37. The maximum Gasteiger partial charge on any atom is 0.163 e. The van der Waals surface area contributed by atoms with Crippen molar-refractivity contribution in [2.24, 2.45) is 5.92 Å². The minimum atomic E-state index is -0.0646. The lowest BCUT2D eigenvalue weighted by Gasteiger charge is -2.14. The minimum absolute atomic E-state index is 0.00957. The molecule has 0 spiro atoms. The predicted octanol–water partition coefficient (Wildman–Crippen LogP) is 6.25. The molecule has 1 atom stereocenters. The molecule has 30 heavy (non-hydrogen) atoms. The Morgan fingerprint density at radius 2 is 1.57 bits per heavy atom. The Bertz CT molecular complexity index is 908. The molecule has 0 saturated carbocycles. The van der Waals surface area contributed by atoms with E-state index in [-0.39, 0.29) is 18.3 Å². The Morgan fingerprint density at radius 1 is 0.933 bits per heavy atom. The third kappa shape index (κ3) is 6.48. The molecule has 0 fully saturated rings. The van der Waals surface area contributed by atoms with E-state index in [2.05, 4.69) is 35.9 Å².